The number of carbonyl (C=O) groups is 1. The summed E-state index contributed by atoms with van der Waals surface area (Å²) in [5.41, 5.74) is 1.02. The lowest BCUT2D eigenvalue weighted by molar-refractivity contribution is 0.134. The first-order valence-corrected chi connectivity index (χ1v) is 5.78. The van der Waals surface area contributed by atoms with Gasteiger partial charge in [-0.3, -0.25) is 4.90 Å². The molecule has 1 atom stereocenters. The minimum Gasteiger partial charge on any atom is -0.447 e. The number of benzene rings is 1. The van der Waals surface area contributed by atoms with Crippen molar-refractivity contribution >= 4 is 17.7 Å². The van der Waals surface area contributed by atoms with Crippen molar-refractivity contribution in [2.24, 2.45) is 0 Å². The van der Waals surface area contributed by atoms with Gasteiger partial charge in [0.05, 0.1) is 12.6 Å². The van der Waals surface area contributed by atoms with Crippen LogP contribution in [0, 0.1) is 0 Å². The number of halogens is 1. The summed E-state index contributed by atoms with van der Waals surface area (Å²) < 4.78 is 10.0. The molecule has 1 heterocycles. The molecule has 0 aliphatic carbocycles. The second-order valence-electron chi connectivity index (χ2n) is 3.83. The molecule has 92 valence electrons. The molecule has 1 aromatic carbocycles. The van der Waals surface area contributed by atoms with Gasteiger partial charge in [-0.25, -0.2) is 4.79 Å². The van der Waals surface area contributed by atoms with Crippen LogP contribution in [0.25, 0.3) is 0 Å². The van der Waals surface area contributed by atoms with Crippen LogP contribution in [0.5, 0.6) is 0 Å². The van der Waals surface area contributed by atoms with E-state index in [1.807, 2.05) is 24.3 Å². The molecule has 0 saturated carbocycles. The third kappa shape index (κ3) is 2.70. The molecular formula is C12H14ClNO3. The Labute approximate surface area is 105 Å². The van der Waals surface area contributed by atoms with E-state index >= 15 is 0 Å². The Morgan fingerprint density at radius 1 is 1.47 bits per heavy atom. The highest BCUT2D eigenvalue weighted by atomic mass is 35.5. The minimum absolute atomic E-state index is 0.0464. The highest BCUT2D eigenvalue weighted by Crippen LogP contribution is 2.28. The van der Waals surface area contributed by atoms with E-state index in [4.69, 9.17) is 21.1 Å². The Balaban J connectivity index is 2.13. The monoisotopic (exact) mass is 255 g/mol. The molecule has 1 aliphatic heterocycles. The topological polar surface area (TPSA) is 38.8 Å². The van der Waals surface area contributed by atoms with Gasteiger partial charge in [0.15, 0.2) is 0 Å². The molecule has 2 rings (SSSR count). The van der Waals surface area contributed by atoms with Crippen LogP contribution in [-0.4, -0.2) is 37.9 Å². The van der Waals surface area contributed by atoms with Crippen molar-refractivity contribution in [3.63, 3.8) is 0 Å². The van der Waals surface area contributed by atoms with Crippen molar-refractivity contribution in [3.05, 3.63) is 34.9 Å². The molecule has 0 unspecified atom stereocenters. The second-order valence-corrected chi connectivity index (χ2v) is 4.27. The standard InChI is InChI=1S/C12H14ClNO3/c1-16-7-6-14-11(8-17-12(14)15)9-2-4-10(13)5-3-9/h2-5,11H,6-8H2,1H3/t11-/m1/s1. The third-order valence-corrected chi connectivity index (χ3v) is 3.02. The van der Waals surface area contributed by atoms with Crippen molar-refractivity contribution in [1.29, 1.82) is 0 Å². The summed E-state index contributed by atoms with van der Waals surface area (Å²) in [5.74, 6) is 0. The Hall–Kier alpha value is -1.26. The summed E-state index contributed by atoms with van der Waals surface area (Å²) >= 11 is 5.84. The fourth-order valence-electron chi connectivity index (χ4n) is 1.85. The van der Waals surface area contributed by atoms with Crippen molar-refractivity contribution in [1.82, 2.24) is 4.90 Å². The number of rotatable bonds is 4. The van der Waals surface area contributed by atoms with Crippen molar-refractivity contribution in [2.45, 2.75) is 6.04 Å². The van der Waals surface area contributed by atoms with Crippen molar-refractivity contribution < 1.29 is 14.3 Å². The lowest BCUT2D eigenvalue weighted by Crippen LogP contribution is -2.30. The second kappa shape index (κ2) is 5.38. The molecule has 1 aromatic rings. The molecule has 0 spiro atoms. The molecule has 0 aromatic heterocycles. The number of nitrogens with zero attached hydrogens (tertiary/aromatic N) is 1. The van der Waals surface area contributed by atoms with Crippen LogP contribution < -0.4 is 0 Å². The largest absolute Gasteiger partial charge is 0.447 e. The number of hydrogen-bond acceptors (Lipinski definition) is 3. The number of amides is 1. The van der Waals surface area contributed by atoms with Crippen molar-refractivity contribution in [2.75, 3.05) is 26.9 Å². The molecule has 1 fully saturated rings. The summed E-state index contributed by atoms with van der Waals surface area (Å²) in [6.07, 6.45) is -0.290. The summed E-state index contributed by atoms with van der Waals surface area (Å²) in [7, 11) is 1.61. The lowest BCUT2D eigenvalue weighted by Gasteiger charge is -2.21. The molecular weight excluding hydrogens is 242 g/mol. The summed E-state index contributed by atoms with van der Waals surface area (Å²) in [4.78, 5) is 13.2. The van der Waals surface area contributed by atoms with Gasteiger partial charge in [-0.1, -0.05) is 23.7 Å². The molecule has 0 N–H and O–H groups in total. The first-order valence-electron chi connectivity index (χ1n) is 5.40. The van der Waals surface area contributed by atoms with E-state index in [0.717, 1.165) is 5.56 Å². The highest BCUT2D eigenvalue weighted by molar-refractivity contribution is 6.30. The van der Waals surface area contributed by atoms with E-state index in [0.29, 0.717) is 24.8 Å². The van der Waals surface area contributed by atoms with Crippen LogP contribution >= 0.6 is 11.6 Å². The fraction of sp³-hybridized carbons (Fsp3) is 0.417. The SMILES string of the molecule is COCCN1C(=O)OC[C@@H]1c1ccc(Cl)cc1. The Morgan fingerprint density at radius 3 is 2.82 bits per heavy atom. The van der Waals surface area contributed by atoms with Gasteiger partial charge in [0, 0.05) is 18.7 Å². The van der Waals surface area contributed by atoms with Gasteiger partial charge in [-0.2, -0.15) is 0 Å². The number of ether oxygens (including phenoxy) is 2. The number of cyclic esters (lactones) is 1. The van der Waals surface area contributed by atoms with Gasteiger partial charge in [-0.15, -0.1) is 0 Å². The van der Waals surface area contributed by atoms with Gasteiger partial charge in [0.25, 0.3) is 0 Å². The summed E-state index contributed by atoms with van der Waals surface area (Å²) in [6.45, 7) is 1.41. The fourth-order valence-corrected chi connectivity index (χ4v) is 1.97. The average Bonchev–Trinajstić information content (AvgIpc) is 2.69. The van der Waals surface area contributed by atoms with Crippen molar-refractivity contribution in [3.8, 4) is 0 Å². The van der Waals surface area contributed by atoms with E-state index in [9.17, 15) is 4.79 Å². The Kier molecular flexibility index (Phi) is 3.86. The highest BCUT2D eigenvalue weighted by Gasteiger charge is 2.33. The van der Waals surface area contributed by atoms with E-state index in [1.54, 1.807) is 12.0 Å². The predicted molar refractivity (Wildman–Crippen MR) is 64.1 cm³/mol. The van der Waals surface area contributed by atoms with Crippen LogP contribution in [0.1, 0.15) is 11.6 Å². The van der Waals surface area contributed by atoms with Crippen LogP contribution in [0.2, 0.25) is 5.02 Å². The van der Waals surface area contributed by atoms with Gasteiger partial charge in [0.2, 0.25) is 0 Å². The average molecular weight is 256 g/mol. The maximum Gasteiger partial charge on any atom is 0.410 e. The molecule has 1 aliphatic rings. The smallest absolute Gasteiger partial charge is 0.410 e. The van der Waals surface area contributed by atoms with Crippen LogP contribution in [0.3, 0.4) is 0 Å². The van der Waals surface area contributed by atoms with Gasteiger partial charge < -0.3 is 9.47 Å². The molecule has 0 bridgehead atoms. The molecule has 0 radical (unpaired) electrons. The van der Waals surface area contributed by atoms with Crippen LogP contribution in [0.15, 0.2) is 24.3 Å². The maximum absolute atomic E-state index is 11.6. The van der Waals surface area contributed by atoms with Gasteiger partial charge >= 0.3 is 6.09 Å². The first kappa shape index (κ1) is 12.2. The number of methoxy groups -OCH3 is 1. The molecule has 1 saturated heterocycles. The lowest BCUT2D eigenvalue weighted by atomic mass is 10.1. The minimum atomic E-state index is -0.290. The molecule has 17 heavy (non-hydrogen) atoms. The first-order chi connectivity index (χ1) is 8.22. The molecule has 4 nitrogen and oxygen atoms in total. The van der Waals surface area contributed by atoms with Crippen LogP contribution in [0.4, 0.5) is 4.79 Å². The van der Waals surface area contributed by atoms with Crippen LogP contribution in [-0.2, 0) is 9.47 Å². The Bertz CT molecular complexity index is 393. The van der Waals surface area contributed by atoms with E-state index < -0.39 is 0 Å². The van der Waals surface area contributed by atoms with E-state index in [2.05, 4.69) is 0 Å². The zero-order valence-corrected chi connectivity index (χ0v) is 10.3. The van der Waals surface area contributed by atoms with E-state index in [-0.39, 0.29) is 12.1 Å². The third-order valence-electron chi connectivity index (χ3n) is 2.77. The summed E-state index contributed by atoms with van der Waals surface area (Å²) in [5, 5.41) is 0.683. The van der Waals surface area contributed by atoms with Gasteiger partial charge in [-0.05, 0) is 17.7 Å². The number of carbonyl (C=O) groups excluding carboxylic acids is 1. The maximum atomic E-state index is 11.6. The predicted octanol–water partition coefficient (Wildman–Crippen LogP) is 2.48. The molecule has 5 heteroatoms. The zero-order chi connectivity index (χ0) is 12.3. The molecule has 1 amide bonds. The summed E-state index contributed by atoms with van der Waals surface area (Å²) in [6, 6.07) is 7.40. The quantitative estimate of drug-likeness (QED) is 0.830. The Morgan fingerprint density at radius 2 is 2.18 bits per heavy atom. The normalized spacial score (nSPS) is 19.5. The van der Waals surface area contributed by atoms with Gasteiger partial charge in [0.1, 0.15) is 6.61 Å². The van der Waals surface area contributed by atoms with E-state index in [1.165, 1.54) is 0 Å². The zero-order valence-electron chi connectivity index (χ0n) is 9.56. The number of hydrogen-bond donors (Lipinski definition) is 0.